The Morgan fingerprint density at radius 1 is 1.07 bits per heavy atom. The topological polar surface area (TPSA) is 102 Å². The summed E-state index contributed by atoms with van der Waals surface area (Å²) in [5.41, 5.74) is 1.18. The number of rotatable bonds is 8. The first kappa shape index (κ1) is 31.5. The maximum atomic E-state index is 13.4. The summed E-state index contributed by atoms with van der Waals surface area (Å²) in [7, 11) is 0. The number of carbonyl (C=O) groups excluding carboxylic acids is 1. The first-order valence-corrected chi connectivity index (χ1v) is 18.0. The fourth-order valence-electron chi connectivity index (χ4n) is 6.79. The Bertz CT molecular complexity index is 1480. The number of amides is 1. The first-order chi connectivity index (χ1) is 21.3. The third-order valence-electron chi connectivity index (χ3n) is 9.22. The van der Waals surface area contributed by atoms with Crippen LogP contribution in [0, 0.1) is 5.92 Å². The molecule has 2 aliphatic heterocycles. The molecule has 1 aliphatic carbocycles. The highest BCUT2D eigenvalue weighted by Crippen LogP contribution is 2.42. The number of hydrogen-bond acceptors (Lipinski definition) is 9. The van der Waals surface area contributed by atoms with E-state index in [9.17, 15) is 14.7 Å². The summed E-state index contributed by atoms with van der Waals surface area (Å²) in [6, 6.07) is 4.29. The van der Waals surface area contributed by atoms with Crippen molar-refractivity contribution >= 4 is 73.7 Å². The minimum absolute atomic E-state index is 0.0250. The average Bonchev–Trinajstić information content (AvgIpc) is 3.67. The number of nitrogens with one attached hydrogen (secondary N) is 1. The number of aliphatic carboxylic acids is 1. The molecule has 3 aromatic rings. The Hall–Kier alpha value is -2.44. The zero-order chi connectivity index (χ0) is 30.8. The van der Waals surface area contributed by atoms with Gasteiger partial charge in [0.05, 0.1) is 26.4 Å². The monoisotopic (exact) mass is 676 g/mol. The second-order valence-electron chi connectivity index (χ2n) is 11.9. The molecule has 3 aliphatic rings. The fraction of sp³-hybridized carbons (Fsp3) is 0.548. The third kappa shape index (κ3) is 6.87. The zero-order valence-corrected chi connectivity index (χ0v) is 28.0. The van der Waals surface area contributed by atoms with Crippen LogP contribution in [0.1, 0.15) is 68.6 Å². The van der Waals surface area contributed by atoms with Crippen molar-refractivity contribution in [3.63, 3.8) is 0 Å². The molecule has 0 spiro atoms. The molecule has 236 valence electrons. The number of aromatic nitrogens is 2. The van der Waals surface area contributed by atoms with E-state index >= 15 is 0 Å². The molecule has 3 aromatic heterocycles. The maximum Gasteiger partial charge on any atom is 0.306 e. The minimum atomic E-state index is -0.758. The van der Waals surface area contributed by atoms with Crippen LogP contribution in [-0.2, 0) is 4.79 Å². The van der Waals surface area contributed by atoms with Gasteiger partial charge in [-0.05, 0) is 44.2 Å². The number of anilines is 3. The van der Waals surface area contributed by atoms with Crippen molar-refractivity contribution in [1.82, 2.24) is 14.9 Å². The number of thiazole rings is 1. The molecule has 2 saturated heterocycles. The van der Waals surface area contributed by atoms with Gasteiger partial charge >= 0.3 is 5.97 Å². The number of carboxylic acids is 1. The molecule has 44 heavy (non-hydrogen) atoms. The molecular weight excluding hydrogens is 639 g/mol. The van der Waals surface area contributed by atoms with Crippen LogP contribution < -0.4 is 15.1 Å². The number of hydrogen-bond donors (Lipinski definition) is 2. The molecule has 0 aromatic carbocycles. The van der Waals surface area contributed by atoms with E-state index in [0.717, 1.165) is 48.2 Å². The van der Waals surface area contributed by atoms with Crippen molar-refractivity contribution in [2.24, 2.45) is 5.92 Å². The Morgan fingerprint density at radius 2 is 1.84 bits per heavy atom. The van der Waals surface area contributed by atoms with Gasteiger partial charge in [0.25, 0.3) is 5.91 Å². The Labute approximate surface area is 276 Å². The molecule has 1 amide bonds. The predicted molar refractivity (Wildman–Crippen MR) is 180 cm³/mol. The van der Waals surface area contributed by atoms with Gasteiger partial charge in [0, 0.05) is 56.4 Å². The largest absolute Gasteiger partial charge is 0.481 e. The van der Waals surface area contributed by atoms with Crippen LogP contribution in [0.3, 0.4) is 0 Å². The molecule has 5 heterocycles. The van der Waals surface area contributed by atoms with Crippen molar-refractivity contribution in [3.05, 3.63) is 39.3 Å². The van der Waals surface area contributed by atoms with Crippen molar-refractivity contribution < 1.29 is 14.7 Å². The van der Waals surface area contributed by atoms with Crippen molar-refractivity contribution in [2.75, 3.05) is 47.8 Å². The molecule has 13 heteroatoms. The predicted octanol–water partition coefficient (Wildman–Crippen LogP) is 7.36. The van der Waals surface area contributed by atoms with Crippen molar-refractivity contribution in [3.8, 4) is 10.6 Å². The van der Waals surface area contributed by atoms with Gasteiger partial charge in [0.2, 0.25) is 0 Å². The normalized spacial score (nSPS) is 21.9. The van der Waals surface area contributed by atoms with Crippen LogP contribution >= 0.6 is 45.9 Å². The molecular formula is C31H38Cl2N6O3S2. The molecule has 6 rings (SSSR count). The molecule has 2 unspecified atom stereocenters. The number of carboxylic acid groups (broad SMARTS) is 1. The highest BCUT2D eigenvalue weighted by atomic mass is 35.5. The van der Waals surface area contributed by atoms with Gasteiger partial charge in [0.15, 0.2) is 5.13 Å². The quantitative estimate of drug-likeness (QED) is 0.255. The Balaban J connectivity index is 1.17. The van der Waals surface area contributed by atoms with Gasteiger partial charge in [-0.2, -0.15) is 0 Å². The van der Waals surface area contributed by atoms with Crippen molar-refractivity contribution in [1.29, 1.82) is 0 Å². The number of piperidine rings is 1. The van der Waals surface area contributed by atoms with Gasteiger partial charge in [-0.3, -0.25) is 19.8 Å². The summed E-state index contributed by atoms with van der Waals surface area (Å²) in [4.78, 5) is 42.5. The second-order valence-corrected chi connectivity index (χ2v) is 14.6. The van der Waals surface area contributed by atoms with Gasteiger partial charge in [-0.15, -0.1) is 11.3 Å². The lowest BCUT2D eigenvalue weighted by Gasteiger charge is -2.41. The third-order valence-corrected chi connectivity index (χ3v) is 11.8. The summed E-state index contributed by atoms with van der Waals surface area (Å²) in [6.45, 7) is 6.48. The molecule has 3 fully saturated rings. The molecule has 0 bridgehead atoms. The fourth-order valence-corrected chi connectivity index (χ4v) is 9.22. The van der Waals surface area contributed by atoms with Crippen LogP contribution in [-0.4, -0.2) is 76.7 Å². The van der Waals surface area contributed by atoms with Crippen molar-refractivity contribution in [2.45, 2.75) is 70.4 Å². The number of piperazine rings is 1. The number of nitrogens with zero attached hydrogens (tertiary/aromatic N) is 5. The SMILES string of the molecule is CCC1CC(C(=O)O)CCN1c1ncc(C(=O)Nc2nc(-c3cc(Cl)cs3)c(N3CCN(C4CCCCC4)CC3)s2)cc1Cl. The van der Waals surface area contributed by atoms with Crippen LogP contribution in [0.4, 0.5) is 16.0 Å². The van der Waals surface area contributed by atoms with E-state index in [4.69, 9.17) is 28.2 Å². The average molecular weight is 678 g/mol. The van der Waals surface area contributed by atoms with Gasteiger partial charge in [-0.25, -0.2) is 9.97 Å². The number of halogens is 2. The summed E-state index contributed by atoms with van der Waals surface area (Å²) in [5, 5.41) is 17.0. The van der Waals surface area contributed by atoms with E-state index in [0.29, 0.717) is 52.0 Å². The lowest BCUT2D eigenvalue weighted by atomic mass is 9.89. The van der Waals surface area contributed by atoms with Gasteiger partial charge < -0.3 is 14.9 Å². The standard InChI is InChI=1S/C31H38Cl2N6O3S2/c1-2-22-14-19(30(41)42)8-9-39(22)27-24(33)15-20(17-34-27)28(40)36-31-35-26(25-16-21(32)18-43-25)29(44-31)38-12-10-37(11-13-38)23-6-4-3-5-7-23/h15-19,22-23H,2-14H2,1H3,(H,41,42)(H,35,36,40). The highest BCUT2D eigenvalue weighted by molar-refractivity contribution is 7.21. The number of carbonyl (C=O) groups is 2. The van der Waals surface area contributed by atoms with Crippen LogP contribution in [0.25, 0.3) is 10.6 Å². The van der Waals surface area contributed by atoms with E-state index in [1.54, 1.807) is 17.4 Å². The lowest BCUT2D eigenvalue weighted by molar-refractivity contribution is -0.142. The molecule has 2 N–H and O–H groups in total. The summed E-state index contributed by atoms with van der Waals surface area (Å²) >= 11 is 16.0. The van der Waals surface area contributed by atoms with E-state index in [-0.39, 0.29) is 17.9 Å². The maximum absolute atomic E-state index is 13.4. The van der Waals surface area contributed by atoms with Crippen LogP contribution in [0.15, 0.2) is 23.7 Å². The number of thiophene rings is 1. The van der Waals surface area contributed by atoms with Gasteiger partial charge in [0.1, 0.15) is 16.5 Å². The minimum Gasteiger partial charge on any atom is -0.481 e. The number of pyridine rings is 1. The Morgan fingerprint density at radius 3 is 2.50 bits per heavy atom. The second kappa shape index (κ2) is 13.9. The van der Waals surface area contributed by atoms with E-state index in [1.807, 2.05) is 18.4 Å². The molecule has 0 radical (unpaired) electrons. The van der Waals surface area contributed by atoms with E-state index < -0.39 is 5.97 Å². The zero-order valence-electron chi connectivity index (χ0n) is 24.8. The smallest absolute Gasteiger partial charge is 0.306 e. The Kier molecular flexibility index (Phi) is 9.97. The molecule has 9 nitrogen and oxygen atoms in total. The molecule has 1 saturated carbocycles. The lowest BCUT2D eigenvalue weighted by Crippen LogP contribution is -2.50. The van der Waals surface area contributed by atoms with E-state index in [2.05, 4.69) is 25.0 Å². The molecule has 2 atom stereocenters. The van der Waals surface area contributed by atoms with Crippen LogP contribution in [0.5, 0.6) is 0 Å². The summed E-state index contributed by atoms with van der Waals surface area (Å²) < 4.78 is 0. The van der Waals surface area contributed by atoms with E-state index in [1.165, 1.54) is 49.6 Å². The summed E-state index contributed by atoms with van der Waals surface area (Å²) in [6.07, 6.45) is 10.0. The van der Waals surface area contributed by atoms with Crippen LogP contribution in [0.2, 0.25) is 10.0 Å². The van der Waals surface area contributed by atoms with Gasteiger partial charge in [-0.1, -0.05) is 60.7 Å². The highest BCUT2D eigenvalue weighted by Gasteiger charge is 2.33. The summed E-state index contributed by atoms with van der Waals surface area (Å²) in [5.74, 6) is -0.869. The first-order valence-electron chi connectivity index (χ1n) is 15.5.